The topological polar surface area (TPSA) is 23.5 Å². The van der Waals surface area contributed by atoms with E-state index in [9.17, 15) is 5.11 Å². The van der Waals surface area contributed by atoms with Crippen molar-refractivity contribution in [1.82, 2.24) is 4.90 Å². The van der Waals surface area contributed by atoms with E-state index in [0.29, 0.717) is 11.3 Å². The van der Waals surface area contributed by atoms with E-state index in [-0.39, 0.29) is 6.10 Å². The molecule has 0 aromatic heterocycles. The summed E-state index contributed by atoms with van der Waals surface area (Å²) >= 11 is 3.60. The molecule has 1 aromatic rings. The first-order chi connectivity index (χ1) is 9.37. The van der Waals surface area contributed by atoms with Crippen molar-refractivity contribution in [3.05, 3.63) is 34.3 Å². The summed E-state index contributed by atoms with van der Waals surface area (Å²) in [6.07, 6.45) is 3.07. The van der Waals surface area contributed by atoms with Crippen LogP contribution in [0.25, 0.3) is 0 Å². The van der Waals surface area contributed by atoms with Gasteiger partial charge in [-0.15, -0.1) is 0 Å². The molecule has 1 saturated carbocycles. The first kappa shape index (κ1) is 16.0. The average molecular weight is 340 g/mol. The van der Waals surface area contributed by atoms with Gasteiger partial charge in [0.05, 0.1) is 6.10 Å². The summed E-state index contributed by atoms with van der Waals surface area (Å²) in [6, 6.07) is 8.36. The molecule has 2 atom stereocenters. The van der Waals surface area contributed by atoms with Gasteiger partial charge in [-0.2, -0.15) is 0 Å². The molecule has 0 aliphatic heterocycles. The predicted octanol–water partition coefficient (Wildman–Crippen LogP) is 4.07. The highest BCUT2D eigenvalue weighted by atomic mass is 79.9. The Morgan fingerprint density at radius 1 is 1.35 bits per heavy atom. The molecule has 2 rings (SSSR count). The molecule has 0 heterocycles. The van der Waals surface area contributed by atoms with Crippen molar-refractivity contribution >= 4 is 15.9 Å². The maximum atomic E-state index is 10.2. The first-order valence-electron chi connectivity index (χ1n) is 7.47. The van der Waals surface area contributed by atoms with Crippen molar-refractivity contribution in [2.75, 3.05) is 13.6 Å². The minimum Gasteiger partial charge on any atom is -0.393 e. The number of benzene rings is 1. The normalized spacial score (nSPS) is 25.9. The van der Waals surface area contributed by atoms with Crippen LogP contribution in [0, 0.1) is 11.3 Å². The zero-order valence-corrected chi connectivity index (χ0v) is 14.4. The quantitative estimate of drug-likeness (QED) is 0.893. The second-order valence-corrected chi connectivity index (χ2v) is 7.88. The Kier molecular flexibility index (Phi) is 5.27. The summed E-state index contributed by atoms with van der Waals surface area (Å²) < 4.78 is 1.16. The van der Waals surface area contributed by atoms with Crippen LogP contribution in [0.1, 0.15) is 38.7 Å². The lowest BCUT2D eigenvalue weighted by Gasteiger charge is -2.40. The lowest BCUT2D eigenvalue weighted by Crippen LogP contribution is -2.39. The van der Waals surface area contributed by atoms with E-state index in [0.717, 1.165) is 36.8 Å². The Morgan fingerprint density at radius 2 is 2.05 bits per heavy atom. The molecule has 1 fully saturated rings. The predicted molar refractivity (Wildman–Crippen MR) is 87.6 cm³/mol. The van der Waals surface area contributed by atoms with Crippen LogP contribution < -0.4 is 0 Å². The second-order valence-electron chi connectivity index (χ2n) is 7.02. The largest absolute Gasteiger partial charge is 0.393 e. The molecule has 2 nitrogen and oxygen atoms in total. The Hall–Kier alpha value is -0.380. The van der Waals surface area contributed by atoms with Gasteiger partial charge in [0, 0.05) is 17.6 Å². The van der Waals surface area contributed by atoms with E-state index in [1.54, 1.807) is 0 Å². The van der Waals surface area contributed by atoms with Crippen LogP contribution >= 0.6 is 15.9 Å². The van der Waals surface area contributed by atoms with Gasteiger partial charge in [-0.05, 0) is 49.3 Å². The molecule has 1 aliphatic rings. The Bertz CT molecular complexity index is 446. The number of aliphatic hydroxyl groups excluding tert-OH is 1. The van der Waals surface area contributed by atoms with Gasteiger partial charge in [0.2, 0.25) is 0 Å². The van der Waals surface area contributed by atoms with E-state index in [4.69, 9.17) is 0 Å². The molecular formula is C17H26BrNO. The minimum absolute atomic E-state index is 0.135. The van der Waals surface area contributed by atoms with Crippen molar-refractivity contribution in [2.45, 2.75) is 45.8 Å². The molecular weight excluding hydrogens is 314 g/mol. The highest BCUT2D eigenvalue weighted by Crippen LogP contribution is 2.39. The third-order valence-corrected chi connectivity index (χ3v) is 5.19. The molecule has 0 spiro atoms. The number of nitrogens with zero attached hydrogens (tertiary/aromatic N) is 1. The summed E-state index contributed by atoms with van der Waals surface area (Å²) in [6.45, 7) is 6.52. The summed E-state index contributed by atoms with van der Waals surface area (Å²) in [4.78, 5) is 2.33. The van der Waals surface area contributed by atoms with Crippen molar-refractivity contribution in [3.8, 4) is 0 Å². The Labute approximate surface area is 131 Å². The first-order valence-corrected chi connectivity index (χ1v) is 8.27. The van der Waals surface area contributed by atoms with Crippen LogP contribution in [0.5, 0.6) is 0 Å². The van der Waals surface area contributed by atoms with Gasteiger partial charge in [-0.1, -0.05) is 48.0 Å². The smallest absolute Gasteiger partial charge is 0.0581 e. The molecule has 3 heteroatoms. The standard InChI is InChI=1S/C17H26BrNO/c1-17(2)9-8-16(20)14(10-17)12-19(3)11-13-6-4-5-7-15(13)18/h4-7,14,16,20H,8-12H2,1-3H3. The van der Waals surface area contributed by atoms with Crippen molar-refractivity contribution < 1.29 is 5.11 Å². The van der Waals surface area contributed by atoms with E-state index < -0.39 is 0 Å². The van der Waals surface area contributed by atoms with Crippen molar-refractivity contribution in [2.24, 2.45) is 11.3 Å². The number of aliphatic hydroxyl groups is 1. The average Bonchev–Trinajstić information content (AvgIpc) is 2.36. The lowest BCUT2D eigenvalue weighted by atomic mass is 9.71. The zero-order valence-electron chi connectivity index (χ0n) is 12.8. The monoisotopic (exact) mass is 339 g/mol. The fourth-order valence-electron chi connectivity index (χ4n) is 3.29. The molecule has 0 bridgehead atoms. The third-order valence-electron chi connectivity index (χ3n) is 4.42. The van der Waals surface area contributed by atoms with Crippen molar-refractivity contribution in [1.29, 1.82) is 0 Å². The number of rotatable bonds is 4. The molecule has 112 valence electrons. The molecule has 20 heavy (non-hydrogen) atoms. The molecule has 0 amide bonds. The highest BCUT2D eigenvalue weighted by molar-refractivity contribution is 9.10. The van der Waals surface area contributed by atoms with Gasteiger partial charge in [0.25, 0.3) is 0 Å². The highest BCUT2D eigenvalue weighted by Gasteiger charge is 2.34. The SMILES string of the molecule is CN(Cc1ccccc1Br)CC1CC(C)(C)CCC1O. The second kappa shape index (κ2) is 6.59. The molecule has 1 N–H and O–H groups in total. The van der Waals surface area contributed by atoms with E-state index in [2.05, 4.69) is 59.9 Å². The van der Waals surface area contributed by atoms with Crippen molar-refractivity contribution in [3.63, 3.8) is 0 Å². The van der Waals surface area contributed by atoms with Gasteiger partial charge >= 0.3 is 0 Å². The molecule has 1 aliphatic carbocycles. The molecule has 0 radical (unpaired) electrons. The van der Waals surface area contributed by atoms with Crippen LogP contribution in [-0.4, -0.2) is 29.7 Å². The number of halogens is 1. The van der Waals surface area contributed by atoms with E-state index in [1.807, 2.05) is 6.07 Å². The van der Waals surface area contributed by atoms with E-state index in [1.165, 1.54) is 5.56 Å². The van der Waals surface area contributed by atoms with Crippen LogP contribution in [0.3, 0.4) is 0 Å². The van der Waals surface area contributed by atoms with Gasteiger partial charge in [-0.25, -0.2) is 0 Å². The lowest BCUT2D eigenvalue weighted by molar-refractivity contribution is 0.00671. The molecule has 1 aromatic carbocycles. The van der Waals surface area contributed by atoms with Crippen LogP contribution in [-0.2, 0) is 6.54 Å². The van der Waals surface area contributed by atoms with Gasteiger partial charge in [0.15, 0.2) is 0 Å². The van der Waals surface area contributed by atoms with Gasteiger partial charge in [0.1, 0.15) is 0 Å². The minimum atomic E-state index is -0.135. The fourth-order valence-corrected chi connectivity index (χ4v) is 3.70. The van der Waals surface area contributed by atoms with Crippen LogP contribution in [0.15, 0.2) is 28.7 Å². The third kappa shape index (κ3) is 4.31. The maximum absolute atomic E-state index is 10.2. The number of hydrogen-bond acceptors (Lipinski definition) is 2. The summed E-state index contributed by atoms with van der Waals surface area (Å²) in [5, 5.41) is 10.2. The summed E-state index contributed by atoms with van der Waals surface area (Å²) in [5.74, 6) is 0.395. The summed E-state index contributed by atoms with van der Waals surface area (Å²) in [7, 11) is 2.15. The van der Waals surface area contributed by atoms with E-state index >= 15 is 0 Å². The fraction of sp³-hybridized carbons (Fsp3) is 0.647. The van der Waals surface area contributed by atoms with Crippen LogP contribution in [0.2, 0.25) is 0 Å². The number of hydrogen-bond donors (Lipinski definition) is 1. The zero-order chi connectivity index (χ0) is 14.8. The Morgan fingerprint density at radius 3 is 2.75 bits per heavy atom. The molecule has 2 unspecified atom stereocenters. The van der Waals surface area contributed by atoms with Gasteiger partial charge in [-0.3, -0.25) is 0 Å². The maximum Gasteiger partial charge on any atom is 0.0581 e. The molecule has 0 saturated heterocycles. The van der Waals surface area contributed by atoms with Crippen LogP contribution in [0.4, 0.5) is 0 Å². The summed E-state index contributed by atoms with van der Waals surface area (Å²) in [5.41, 5.74) is 1.68. The Balaban J connectivity index is 1.94. The van der Waals surface area contributed by atoms with Gasteiger partial charge < -0.3 is 10.0 Å².